The van der Waals surface area contributed by atoms with Crippen molar-refractivity contribution in [2.75, 3.05) is 12.4 Å². The van der Waals surface area contributed by atoms with Gasteiger partial charge in [0, 0.05) is 7.05 Å². The van der Waals surface area contributed by atoms with E-state index in [4.69, 9.17) is 0 Å². The van der Waals surface area contributed by atoms with Gasteiger partial charge in [0.15, 0.2) is 11.4 Å². The summed E-state index contributed by atoms with van der Waals surface area (Å²) in [4.78, 5) is 24.5. The number of rotatable bonds is 3. The van der Waals surface area contributed by atoms with Crippen LogP contribution in [0.4, 0.5) is 5.69 Å². The molecule has 2 aromatic heterocycles. The van der Waals surface area contributed by atoms with E-state index in [0.717, 1.165) is 11.5 Å². The summed E-state index contributed by atoms with van der Waals surface area (Å²) in [6, 6.07) is 0. The summed E-state index contributed by atoms with van der Waals surface area (Å²) in [5.74, 6) is -1.05. The Hall–Kier alpha value is -2.29. The molecule has 0 atom stereocenters. The van der Waals surface area contributed by atoms with Crippen LogP contribution in [0, 0.1) is 13.8 Å². The molecule has 0 fully saturated rings. The van der Waals surface area contributed by atoms with Gasteiger partial charge in [0.2, 0.25) is 0 Å². The quantitative estimate of drug-likeness (QED) is 0.846. The number of hydrogen-bond acceptors (Lipinski definition) is 7. The van der Waals surface area contributed by atoms with E-state index in [-0.39, 0.29) is 11.4 Å². The van der Waals surface area contributed by atoms with Gasteiger partial charge in [-0.15, -0.1) is 5.10 Å². The highest BCUT2D eigenvalue weighted by molar-refractivity contribution is 7.05. The van der Waals surface area contributed by atoms with Crippen molar-refractivity contribution < 1.29 is 14.3 Å². The summed E-state index contributed by atoms with van der Waals surface area (Å²) in [5, 5.41) is 10.4. The number of nitrogens with one attached hydrogen (secondary N) is 1. The lowest BCUT2D eigenvalue weighted by atomic mass is 10.2. The second-order valence-corrected chi connectivity index (χ2v) is 5.01. The van der Waals surface area contributed by atoms with Crippen LogP contribution in [-0.4, -0.2) is 38.4 Å². The molecule has 2 aromatic rings. The lowest BCUT2D eigenvalue weighted by molar-refractivity contribution is 0.0594. The van der Waals surface area contributed by atoms with E-state index < -0.39 is 11.9 Å². The molecule has 1 N–H and O–H groups in total. The zero-order valence-corrected chi connectivity index (χ0v) is 12.2. The normalized spacial score (nSPS) is 10.4. The molecule has 0 saturated heterocycles. The van der Waals surface area contributed by atoms with Gasteiger partial charge in [-0.25, -0.2) is 4.79 Å². The van der Waals surface area contributed by atoms with Crippen LogP contribution >= 0.6 is 11.5 Å². The molecule has 0 radical (unpaired) electrons. The minimum absolute atomic E-state index is 0.0571. The SMILES string of the molecule is COC(=O)c1nn(C)c(C)c1NC(=O)c1nnsc1C. The number of esters is 1. The molecule has 9 heteroatoms. The summed E-state index contributed by atoms with van der Waals surface area (Å²) in [6.07, 6.45) is 0. The molecule has 0 spiro atoms. The van der Waals surface area contributed by atoms with E-state index in [2.05, 4.69) is 24.7 Å². The Kier molecular flexibility index (Phi) is 3.79. The van der Waals surface area contributed by atoms with Gasteiger partial charge in [-0.05, 0) is 25.4 Å². The third-order valence-electron chi connectivity index (χ3n) is 2.82. The molecule has 0 aliphatic carbocycles. The maximum Gasteiger partial charge on any atom is 0.360 e. The fourth-order valence-corrected chi connectivity index (χ4v) is 2.08. The van der Waals surface area contributed by atoms with Crippen LogP contribution in [0.15, 0.2) is 0 Å². The Morgan fingerprint density at radius 3 is 2.55 bits per heavy atom. The molecule has 0 aliphatic rings. The number of carbonyl (C=O) groups excluding carboxylic acids is 2. The number of ether oxygens (including phenoxy) is 1. The van der Waals surface area contributed by atoms with Gasteiger partial charge in [0.1, 0.15) is 0 Å². The van der Waals surface area contributed by atoms with Crippen LogP contribution in [0.5, 0.6) is 0 Å². The van der Waals surface area contributed by atoms with Crippen molar-refractivity contribution in [1.82, 2.24) is 19.4 Å². The molecule has 2 heterocycles. The minimum Gasteiger partial charge on any atom is -0.464 e. The first-order valence-corrected chi connectivity index (χ1v) is 6.45. The highest BCUT2D eigenvalue weighted by Gasteiger charge is 2.23. The van der Waals surface area contributed by atoms with Gasteiger partial charge in [-0.1, -0.05) is 4.49 Å². The number of nitrogens with zero attached hydrogens (tertiary/aromatic N) is 4. The van der Waals surface area contributed by atoms with E-state index >= 15 is 0 Å². The molecule has 0 aliphatic heterocycles. The van der Waals surface area contributed by atoms with E-state index in [1.807, 2.05) is 0 Å². The number of hydrogen-bond donors (Lipinski definition) is 1. The average Bonchev–Trinajstić information content (AvgIpc) is 2.96. The van der Waals surface area contributed by atoms with E-state index in [1.165, 1.54) is 11.8 Å². The van der Waals surface area contributed by atoms with Crippen LogP contribution in [0.2, 0.25) is 0 Å². The first-order valence-electron chi connectivity index (χ1n) is 5.68. The number of carbonyl (C=O) groups is 2. The van der Waals surface area contributed by atoms with Crippen molar-refractivity contribution in [3.63, 3.8) is 0 Å². The molecule has 20 heavy (non-hydrogen) atoms. The third kappa shape index (κ3) is 2.39. The van der Waals surface area contributed by atoms with Gasteiger partial charge in [0.05, 0.1) is 23.4 Å². The zero-order valence-electron chi connectivity index (χ0n) is 11.4. The van der Waals surface area contributed by atoms with Crippen LogP contribution in [0.1, 0.15) is 31.5 Å². The highest BCUT2D eigenvalue weighted by atomic mass is 32.1. The molecule has 0 unspecified atom stereocenters. The average molecular weight is 295 g/mol. The second-order valence-electron chi connectivity index (χ2n) is 4.06. The standard InChI is InChI=1S/C11H13N5O3S/c1-5-7(9(11(18)19-4)14-16(5)3)12-10(17)8-6(2)20-15-13-8/h1-4H3,(H,12,17). The van der Waals surface area contributed by atoms with Crippen molar-refractivity contribution in [1.29, 1.82) is 0 Å². The number of anilines is 1. The highest BCUT2D eigenvalue weighted by Crippen LogP contribution is 2.21. The Labute approximate surface area is 118 Å². The molecule has 0 saturated carbocycles. The molecule has 1 amide bonds. The van der Waals surface area contributed by atoms with Gasteiger partial charge in [-0.3, -0.25) is 9.48 Å². The molecule has 8 nitrogen and oxygen atoms in total. The second kappa shape index (κ2) is 5.37. The molecule has 2 rings (SSSR count). The Morgan fingerprint density at radius 2 is 2.00 bits per heavy atom. The van der Waals surface area contributed by atoms with Crippen LogP contribution in [0.3, 0.4) is 0 Å². The largest absolute Gasteiger partial charge is 0.464 e. The van der Waals surface area contributed by atoms with E-state index in [1.54, 1.807) is 20.9 Å². The van der Waals surface area contributed by atoms with Crippen molar-refractivity contribution in [3.05, 3.63) is 22.0 Å². The third-order valence-corrected chi connectivity index (χ3v) is 3.45. The summed E-state index contributed by atoms with van der Waals surface area (Å²) in [6.45, 7) is 3.48. The Morgan fingerprint density at radius 1 is 1.30 bits per heavy atom. The lowest BCUT2D eigenvalue weighted by Gasteiger charge is -2.04. The number of aryl methyl sites for hydroxylation is 2. The first kappa shape index (κ1) is 14.1. The number of aromatic nitrogens is 4. The molecular weight excluding hydrogens is 282 g/mol. The van der Waals surface area contributed by atoms with Crippen LogP contribution < -0.4 is 5.32 Å². The number of methoxy groups -OCH3 is 1. The Bertz CT molecular complexity index is 676. The molecule has 106 valence electrons. The van der Waals surface area contributed by atoms with Crippen molar-refractivity contribution in [2.24, 2.45) is 7.05 Å². The fraction of sp³-hybridized carbons (Fsp3) is 0.364. The van der Waals surface area contributed by atoms with E-state index in [0.29, 0.717) is 16.3 Å². The number of amides is 1. The summed E-state index contributed by atoms with van der Waals surface area (Å²) in [5.41, 5.74) is 1.24. The summed E-state index contributed by atoms with van der Waals surface area (Å²) < 4.78 is 9.85. The van der Waals surface area contributed by atoms with Crippen molar-refractivity contribution in [2.45, 2.75) is 13.8 Å². The summed E-state index contributed by atoms with van der Waals surface area (Å²) >= 11 is 1.13. The minimum atomic E-state index is -0.614. The van der Waals surface area contributed by atoms with E-state index in [9.17, 15) is 9.59 Å². The smallest absolute Gasteiger partial charge is 0.360 e. The Balaban J connectivity index is 2.36. The van der Waals surface area contributed by atoms with Crippen molar-refractivity contribution in [3.8, 4) is 0 Å². The topological polar surface area (TPSA) is 99.0 Å². The van der Waals surface area contributed by atoms with Gasteiger partial charge in [-0.2, -0.15) is 5.10 Å². The molecule has 0 bridgehead atoms. The predicted octanol–water partition coefficient (Wildman–Crippen LogP) is 0.927. The zero-order chi connectivity index (χ0) is 14.9. The lowest BCUT2D eigenvalue weighted by Crippen LogP contribution is -2.16. The molecule has 0 aromatic carbocycles. The van der Waals surface area contributed by atoms with Crippen molar-refractivity contribution >= 4 is 29.1 Å². The van der Waals surface area contributed by atoms with Gasteiger partial charge < -0.3 is 10.1 Å². The van der Waals surface area contributed by atoms with Gasteiger partial charge in [0.25, 0.3) is 5.91 Å². The maximum atomic E-state index is 12.1. The monoisotopic (exact) mass is 295 g/mol. The van der Waals surface area contributed by atoms with Crippen LogP contribution in [0.25, 0.3) is 0 Å². The summed E-state index contributed by atoms with van der Waals surface area (Å²) in [7, 11) is 2.93. The van der Waals surface area contributed by atoms with Gasteiger partial charge >= 0.3 is 5.97 Å². The maximum absolute atomic E-state index is 12.1. The first-order chi connectivity index (χ1) is 9.45. The van der Waals surface area contributed by atoms with Crippen LogP contribution in [-0.2, 0) is 11.8 Å². The molecular formula is C11H13N5O3S. The predicted molar refractivity (Wildman–Crippen MR) is 71.9 cm³/mol. The fourth-order valence-electron chi connectivity index (χ4n) is 1.61.